The van der Waals surface area contributed by atoms with Gasteiger partial charge in [-0.05, 0) is 69.7 Å². The van der Waals surface area contributed by atoms with Crippen molar-refractivity contribution in [1.29, 1.82) is 0 Å². The molecule has 24 heavy (non-hydrogen) atoms. The normalized spacial score (nSPS) is 13.8. The summed E-state index contributed by atoms with van der Waals surface area (Å²) in [6.45, 7) is 3.60. The van der Waals surface area contributed by atoms with Gasteiger partial charge in [0.15, 0.2) is 11.6 Å². The summed E-state index contributed by atoms with van der Waals surface area (Å²) in [6.07, 6.45) is 5.25. The van der Waals surface area contributed by atoms with E-state index in [9.17, 15) is 8.78 Å². The molecule has 0 aliphatic carbocycles. The lowest BCUT2D eigenvalue weighted by atomic mass is 9.82. The summed E-state index contributed by atoms with van der Waals surface area (Å²) in [6, 6.07) is 4.02. The third kappa shape index (κ3) is 9.32. The minimum Gasteiger partial charge on any atom is -0.427 e. The maximum atomic E-state index is 13.1. The Morgan fingerprint density at radius 3 is 2.50 bits per heavy atom. The molecule has 7 heteroatoms. The van der Waals surface area contributed by atoms with Crippen LogP contribution in [-0.2, 0) is 6.42 Å². The van der Waals surface area contributed by atoms with Gasteiger partial charge in [-0.25, -0.2) is 8.78 Å². The molecule has 1 atom stereocenters. The van der Waals surface area contributed by atoms with Gasteiger partial charge in [-0.15, -0.1) is 0 Å². The predicted octanol–water partition coefficient (Wildman–Crippen LogP) is 2.24. The van der Waals surface area contributed by atoms with E-state index >= 15 is 0 Å². The van der Waals surface area contributed by atoms with Crippen LogP contribution in [0.3, 0.4) is 0 Å². The zero-order chi connectivity index (χ0) is 18.0. The zero-order valence-electron chi connectivity index (χ0n) is 14.4. The Balaban J connectivity index is 2.08. The summed E-state index contributed by atoms with van der Waals surface area (Å²) in [5.41, 5.74) is 6.75. The molecule has 1 aromatic carbocycles. The minimum atomic E-state index is -1.23. The van der Waals surface area contributed by atoms with Crippen molar-refractivity contribution in [3.63, 3.8) is 0 Å². The van der Waals surface area contributed by atoms with Crippen LogP contribution >= 0.6 is 0 Å². The standard InChI is InChI=1S/C17H29BF2N2O2/c1-17(21,8-2-3-10-18(23)24)9-12-22-11-4-5-14-6-7-15(19)16(20)13-14/h6-7,13,22-24H,2-5,8-12,21H2,1H3. The van der Waals surface area contributed by atoms with E-state index in [2.05, 4.69) is 5.32 Å². The largest absolute Gasteiger partial charge is 0.451 e. The maximum absolute atomic E-state index is 13.1. The van der Waals surface area contributed by atoms with Crippen LogP contribution in [0.5, 0.6) is 0 Å². The third-order valence-electron chi connectivity index (χ3n) is 4.14. The Hall–Kier alpha value is -1.02. The monoisotopic (exact) mass is 342 g/mol. The van der Waals surface area contributed by atoms with Crippen molar-refractivity contribution in [2.45, 2.75) is 57.3 Å². The molecular weight excluding hydrogens is 313 g/mol. The summed E-state index contributed by atoms with van der Waals surface area (Å²) in [5, 5.41) is 20.9. The van der Waals surface area contributed by atoms with Crippen molar-refractivity contribution >= 4 is 7.12 Å². The fourth-order valence-electron chi connectivity index (χ4n) is 2.59. The molecule has 0 spiro atoms. The molecule has 5 N–H and O–H groups in total. The number of hydrogen-bond acceptors (Lipinski definition) is 4. The van der Waals surface area contributed by atoms with Crippen molar-refractivity contribution in [3.8, 4) is 0 Å². The highest BCUT2D eigenvalue weighted by atomic mass is 19.2. The molecule has 4 nitrogen and oxygen atoms in total. The maximum Gasteiger partial charge on any atom is 0.451 e. The molecule has 0 radical (unpaired) electrons. The second kappa shape index (κ2) is 10.8. The van der Waals surface area contributed by atoms with Gasteiger partial charge >= 0.3 is 7.12 Å². The van der Waals surface area contributed by atoms with Crippen LogP contribution in [-0.4, -0.2) is 35.8 Å². The SMILES string of the molecule is CC(N)(CCCCB(O)O)CCNCCCc1ccc(F)c(F)c1. The lowest BCUT2D eigenvalue weighted by molar-refractivity contribution is 0.369. The summed E-state index contributed by atoms with van der Waals surface area (Å²) in [5.74, 6) is -1.61. The highest BCUT2D eigenvalue weighted by Crippen LogP contribution is 2.16. The predicted molar refractivity (Wildman–Crippen MR) is 93.6 cm³/mol. The van der Waals surface area contributed by atoms with Crippen molar-refractivity contribution in [1.82, 2.24) is 5.32 Å². The first-order chi connectivity index (χ1) is 11.3. The van der Waals surface area contributed by atoms with Gasteiger partial charge in [0.2, 0.25) is 0 Å². The van der Waals surface area contributed by atoms with E-state index in [-0.39, 0.29) is 5.54 Å². The number of nitrogens with one attached hydrogen (secondary N) is 1. The van der Waals surface area contributed by atoms with Crippen LogP contribution in [0.2, 0.25) is 6.32 Å². The van der Waals surface area contributed by atoms with Crippen molar-refractivity contribution in [2.75, 3.05) is 13.1 Å². The van der Waals surface area contributed by atoms with Gasteiger partial charge in [-0.3, -0.25) is 0 Å². The third-order valence-corrected chi connectivity index (χ3v) is 4.14. The molecule has 0 fully saturated rings. The van der Waals surface area contributed by atoms with Gasteiger partial charge in [0.25, 0.3) is 0 Å². The van der Waals surface area contributed by atoms with E-state index in [1.807, 2.05) is 6.92 Å². The van der Waals surface area contributed by atoms with Gasteiger partial charge in [-0.2, -0.15) is 0 Å². The topological polar surface area (TPSA) is 78.5 Å². The molecule has 0 aliphatic rings. The van der Waals surface area contributed by atoms with Crippen LogP contribution in [0.25, 0.3) is 0 Å². The molecule has 136 valence electrons. The van der Waals surface area contributed by atoms with Crippen LogP contribution in [0.1, 0.15) is 44.6 Å². The summed E-state index contributed by atoms with van der Waals surface area (Å²) in [7, 11) is -1.23. The average Bonchev–Trinajstić information content (AvgIpc) is 2.50. The first-order valence-corrected chi connectivity index (χ1v) is 8.60. The van der Waals surface area contributed by atoms with E-state index in [0.717, 1.165) is 56.8 Å². The zero-order valence-corrected chi connectivity index (χ0v) is 14.4. The van der Waals surface area contributed by atoms with E-state index < -0.39 is 18.8 Å². The quantitative estimate of drug-likeness (QED) is 0.347. The number of aryl methyl sites for hydroxylation is 1. The highest BCUT2D eigenvalue weighted by molar-refractivity contribution is 6.40. The van der Waals surface area contributed by atoms with Crippen LogP contribution < -0.4 is 11.1 Å². The van der Waals surface area contributed by atoms with Crippen LogP contribution in [0, 0.1) is 11.6 Å². The molecule has 0 bridgehead atoms. The molecule has 0 saturated heterocycles. The molecule has 0 amide bonds. The van der Waals surface area contributed by atoms with E-state index in [1.54, 1.807) is 6.07 Å². The van der Waals surface area contributed by atoms with Crippen molar-refractivity contribution < 1.29 is 18.8 Å². The Morgan fingerprint density at radius 1 is 1.08 bits per heavy atom. The summed E-state index contributed by atoms with van der Waals surface area (Å²) >= 11 is 0. The molecule has 0 aliphatic heterocycles. The van der Waals surface area contributed by atoms with Crippen molar-refractivity contribution in [3.05, 3.63) is 35.4 Å². The Kier molecular flexibility index (Phi) is 9.43. The van der Waals surface area contributed by atoms with Crippen LogP contribution in [0.4, 0.5) is 8.78 Å². The fraction of sp³-hybridized carbons (Fsp3) is 0.647. The molecule has 1 rings (SSSR count). The minimum absolute atomic E-state index is 0.270. The second-order valence-corrected chi connectivity index (χ2v) is 6.73. The number of benzene rings is 1. The fourth-order valence-corrected chi connectivity index (χ4v) is 2.59. The first kappa shape index (κ1) is 21.0. The van der Waals surface area contributed by atoms with Gasteiger partial charge in [-0.1, -0.05) is 18.9 Å². The van der Waals surface area contributed by atoms with E-state index in [1.165, 1.54) is 6.07 Å². The van der Waals surface area contributed by atoms with Crippen molar-refractivity contribution in [2.24, 2.45) is 5.73 Å². The second-order valence-electron chi connectivity index (χ2n) is 6.73. The Bertz CT molecular complexity index is 488. The molecule has 0 heterocycles. The lowest BCUT2D eigenvalue weighted by Gasteiger charge is -2.24. The summed E-state index contributed by atoms with van der Waals surface area (Å²) in [4.78, 5) is 0. The summed E-state index contributed by atoms with van der Waals surface area (Å²) < 4.78 is 25.9. The molecule has 1 unspecified atom stereocenters. The Morgan fingerprint density at radius 2 is 1.83 bits per heavy atom. The average molecular weight is 342 g/mol. The number of halogens is 2. The number of nitrogens with two attached hydrogens (primary N) is 1. The van der Waals surface area contributed by atoms with E-state index in [4.69, 9.17) is 15.8 Å². The van der Waals surface area contributed by atoms with E-state index in [0.29, 0.717) is 12.7 Å². The van der Waals surface area contributed by atoms with Gasteiger partial charge in [0, 0.05) is 5.54 Å². The smallest absolute Gasteiger partial charge is 0.427 e. The number of rotatable bonds is 12. The van der Waals surface area contributed by atoms with Crippen LogP contribution in [0.15, 0.2) is 18.2 Å². The van der Waals surface area contributed by atoms with Gasteiger partial charge in [0.1, 0.15) is 0 Å². The molecular formula is C17H29BF2N2O2. The van der Waals surface area contributed by atoms with Gasteiger partial charge in [0.05, 0.1) is 0 Å². The number of hydrogen-bond donors (Lipinski definition) is 4. The molecule has 1 aromatic rings. The lowest BCUT2D eigenvalue weighted by Crippen LogP contribution is -2.39. The van der Waals surface area contributed by atoms with Gasteiger partial charge < -0.3 is 21.1 Å². The Labute approximate surface area is 143 Å². The highest BCUT2D eigenvalue weighted by Gasteiger charge is 2.17. The first-order valence-electron chi connectivity index (χ1n) is 8.60. The molecule has 0 aromatic heterocycles. The number of unbranched alkanes of at least 4 members (excludes halogenated alkanes) is 1. The molecule has 0 saturated carbocycles.